The standard InChI is InChI=1S/C27H26FN3O3/c1-18(2)16-29-25(32)15-19-10-12-22(13-11-19)31-26(33)23-8-3-4-9-24(23)30(27(31)34)17-20-6-5-7-21(28)14-20/h3-14,18H,15-17H2,1-2H3,(H,29,32). The van der Waals surface area contributed by atoms with Gasteiger partial charge in [-0.2, -0.15) is 0 Å². The molecule has 4 aromatic rings. The molecule has 1 aromatic heterocycles. The molecule has 34 heavy (non-hydrogen) atoms. The van der Waals surface area contributed by atoms with Crippen LogP contribution in [0.5, 0.6) is 0 Å². The van der Waals surface area contributed by atoms with E-state index in [-0.39, 0.29) is 18.9 Å². The Morgan fingerprint density at radius 2 is 1.68 bits per heavy atom. The first-order chi connectivity index (χ1) is 16.3. The molecule has 3 aromatic carbocycles. The molecule has 0 aliphatic heterocycles. The van der Waals surface area contributed by atoms with Gasteiger partial charge in [0.1, 0.15) is 5.82 Å². The van der Waals surface area contributed by atoms with Gasteiger partial charge in [-0.3, -0.25) is 14.2 Å². The van der Waals surface area contributed by atoms with Crippen LogP contribution in [0.4, 0.5) is 4.39 Å². The van der Waals surface area contributed by atoms with E-state index in [0.717, 1.165) is 10.1 Å². The van der Waals surface area contributed by atoms with E-state index in [2.05, 4.69) is 5.32 Å². The van der Waals surface area contributed by atoms with Crippen LogP contribution in [0, 0.1) is 11.7 Å². The van der Waals surface area contributed by atoms with E-state index in [4.69, 9.17) is 0 Å². The summed E-state index contributed by atoms with van der Waals surface area (Å²) < 4.78 is 16.3. The average molecular weight is 460 g/mol. The van der Waals surface area contributed by atoms with Crippen molar-refractivity contribution in [3.8, 4) is 5.69 Å². The minimum atomic E-state index is -0.518. The van der Waals surface area contributed by atoms with Crippen LogP contribution in [0.25, 0.3) is 16.6 Å². The Labute approximate surface area is 196 Å². The van der Waals surface area contributed by atoms with E-state index in [1.54, 1.807) is 60.7 Å². The summed E-state index contributed by atoms with van der Waals surface area (Å²) in [5.74, 6) is -0.112. The van der Waals surface area contributed by atoms with Crippen molar-refractivity contribution in [3.05, 3.63) is 111 Å². The molecule has 0 fully saturated rings. The summed E-state index contributed by atoms with van der Waals surface area (Å²) >= 11 is 0. The van der Waals surface area contributed by atoms with Crippen molar-refractivity contribution in [1.29, 1.82) is 0 Å². The van der Waals surface area contributed by atoms with Gasteiger partial charge < -0.3 is 5.32 Å². The van der Waals surface area contributed by atoms with Crippen LogP contribution < -0.4 is 16.6 Å². The first kappa shape index (κ1) is 23.2. The second kappa shape index (κ2) is 9.87. The van der Waals surface area contributed by atoms with Crippen LogP contribution in [-0.4, -0.2) is 21.6 Å². The number of para-hydroxylation sites is 1. The molecule has 1 heterocycles. The van der Waals surface area contributed by atoms with E-state index >= 15 is 0 Å². The van der Waals surface area contributed by atoms with Gasteiger partial charge in [-0.25, -0.2) is 13.8 Å². The van der Waals surface area contributed by atoms with E-state index in [9.17, 15) is 18.8 Å². The molecular weight excluding hydrogens is 433 g/mol. The molecule has 1 N–H and O–H groups in total. The summed E-state index contributed by atoms with van der Waals surface area (Å²) in [4.78, 5) is 38.8. The van der Waals surface area contributed by atoms with Crippen molar-refractivity contribution in [2.45, 2.75) is 26.8 Å². The van der Waals surface area contributed by atoms with E-state index < -0.39 is 17.1 Å². The number of benzene rings is 3. The third kappa shape index (κ3) is 4.98. The molecule has 6 nitrogen and oxygen atoms in total. The van der Waals surface area contributed by atoms with Crippen LogP contribution >= 0.6 is 0 Å². The number of hydrogen-bond acceptors (Lipinski definition) is 3. The van der Waals surface area contributed by atoms with Crippen molar-refractivity contribution in [3.63, 3.8) is 0 Å². The monoisotopic (exact) mass is 459 g/mol. The summed E-state index contributed by atoms with van der Waals surface area (Å²) in [6.45, 7) is 4.77. The maximum Gasteiger partial charge on any atom is 0.336 e. The molecule has 174 valence electrons. The van der Waals surface area contributed by atoms with Gasteiger partial charge in [0.2, 0.25) is 5.91 Å². The first-order valence-electron chi connectivity index (χ1n) is 11.2. The fourth-order valence-electron chi connectivity index (χ4n) is 3.85. The van der Waals surface area contributed by atoms with Crippen LogP contribution in [0.1, 0.15) is 25.0 Å². The zero-order valence-electron chi connectivity index (χ0n) is 19.1. The topological polar surface area (TPSA) is 73.1 Å². The predicted octanol–water partition coefficient (Wildman–Crippen LogP) is 3.65. The van der Waals surface area contributed by atoms with Crippen LogP contribution in [-0.2, 0) is 17.8 Å². The summed E-state index contributed by atoms with van der Waals surface area (Å²) in [5.41, 5.74) is 1.32. The summed E-state index contributed by atoms with van der Waals surface area (Å²) in [5, 5.41) is 3.26. The van der Waals surface area contributed by atoms with Crippen molar-refractivity contribution >= 4 is 16.8 Å². The second-order valence-corrected chi connectivity index (χ2v) is 8.70. The molecule has 7 heteroatoms. The maximum atomic E-state index is 13.7. The number of carbonyl (C=O) groups is 1. The molecule has 0 atom stereocenters. The number of nitrogens with zero attached hydrogens (tertiary/aromatic N) is 2. The Morgan fingerprint density at radius 1 is 0.941 bits per heavy atom. The minimum Gasteiger partial charge on any atom is -0.356 e. The number of halogens is 1. The number of carbonyl (C=O) groups excluding carboxylic acids is 1. The third-order valence-electron chi connectivity index (χ3n) is 5.55. The number of rotatable bonds is 7. The van der Waals surface area contributed by atoms with Crippen molar-refractivity contribution in [2.75, 3.05) is 6.54 Å². The highest BCUT2D eigenvalue weighted by atomic mass is 19.1. The number of hydrogen-bond donors (Lipinski definition) is 1. The quantitative estimate of drug-likeness (QED) is 0.459. The van der Waals surface area contributed by atoms with E-state index in [1.807, 2.05) is 13.8 Å². The van der Waals surface area contributed by atoms with Gasteiger partial charge in [-0.05, 0) is 53.4 Å². The van der Waals surface area contributed by atoms with Crippen molar-refractivity contribution < 1.29 is 9.18 Å². The van der Waals surface area contributed by atoms with Crippen LogP contribution in [0.15, 0.2) is 82.4 Å². The molecule has 0 spiro atoms. The summed E-state index contributed by atoms with van der Waals surface area (Å²) in [6, 6.07) is 19.7. The number of fused-ring (bicyclic) bond motifs is 1. The maximum absolute atomic E-state index is 13.7. The van der Waals surface area contributed by atoms with Crippen LogP contribution in [0.2, 0.25) is 0 Å². The fourth-order valence-corrected chi connectivity index (χ4v) is 3.85. The molecule has 0 saturated carbocycles. The second-order valence-electron chi connectivity index (χ2n) is 8.70. The Kier molecular flexibility index (Phi) is 6.72. The average Bonchev–Trinajstić information content (AvgIpc) is 2.82. The summed E-state index contributed by atoms with van der Waals surface area (Å²) in [6.07, 6.45) is 0.212. The smallest absolute Gasteiger partial charge is 0.336 e. The van der Waals surface area contributed by atoms with Gasteiger partial charge in [0.05, 0.1) is 29.6 Å². The molecule has 0 radical (unpaired) electrons. The number of aromatic nitrogens is 2. The molecule has 0 aliphatic rings. The van der Waals surface area contributed by atoms with Crippen molar-refractivity contribution in [2.24, 2.45) is 5.92 Å². The zero-order valence-corrected chi connectivity index (χ0v) is 19.1. The molecule has 0 saturated heterocycles. The highest BCUT2D eigenvalue weighted by Gasteiger charge is 2.15. The van der Waals surface area contributed by atoms with Gasteiger partial charge >= 0.3 is 5.69 Å². The van der Waals surface area contributed by atoms with E-state index in [0.29, 0.717) is 34.6 Å². The van der Waals surface area contributed by atoms with Gasteiger partial charge in [-0.15, -0.1) is 0 Å². The number of nitrogens with one attached hydrogen (secondary N) is 1. The molecule has 1 amide bonds. The lowest BCUT2D eigenvalue weighted by atomic mass is 10.1. The Balaban J connectivity index is 1.74. The third-order valence-corrected chi connectivity index (χ3v) is 5.55. The Hall–Kier alpha value is -4.00. The predicted molar refractivity (Wildman–Crippen MR) is 131 cm³/mol. The van der Waals surface area contributed by atoms with E-state index in [1.165, 1.54) is 16.7 Å². The molecule has 0 unspecified atom stereocenters. The van der Waals surface area contributed by atoms with Gasteiger partial charge in [-0.1, -0.05) is 50.2 Å². The fraction of sp³-hybridized carbons (Fsp3) is 0.222. The molecule has 0 aliphatic carbocycles. The zero-order chi connectivity index (χ0) is 24.2. The minimum absolute atomic E-state index is 0.0817. The van der Waals surface area contributed by atoms with Gasteiger partial charge in [0.25, 0.3) is 5.56 Å². The SMILES string of the molecule is CC(C)CNC(=O)Cc1ccc(-n2c(=O)c3ccccc3n(Cc3cccc(F)c3)c2=O)cc1. The lowest BCUT2D eigenvalue weighted by Gasteiger charge is -2.15. The lowest BCUT2D eigenvalue weighted by Crippen LogP contribution is -2.39. The van der Waals surface area contributed by atoms with Crippen molar-refractivity contribution in [1.82, 2.24) is 14.5 Å². The van der Waals surface area contributed by atoms with Gasteiger partial charge in [0, 0.05) is 6.54 Å². The number of amides is 1. The molecular formula is C27H26FN3O3. The molecule has 0 bridgehead atoms. The summed E-state index contributed by atoms with van der Waals surface area (Å²) in [7, 11) is 0. The normalized spacial score (nSPS) is 11.2. The van der Waals surface area contributed by atoms with Gasteiger partial charge in [0.15, 0.2) is 0 Å². The largest absolute Gasteiger partial charge is 0.356 e. The highest BCUT2D eigenvalue weighted by molar-refractivity contribution is 5.79. The Bertz CT molecular complexity index is 1450. The first-order valence-corrected chi connectivity index (χ1v) is 11.2. The highest BCUT2D eigenvalue weighted by Crippen LogP contribution is 2.14. The lowest BCUT2D eigenvalue weighted by molar-refractivity contribution is -0.120. The van der Waals surface area contributed by atoms with Crippen LogP contribution in [0.3, 0.4) is 0 Å². The Morgan fingerprint density at radius 3 is 2.38 bits per heavy atom. The molecule has 4 rings (SSSR count).